The van der Waals surface area contributed by atoms with E-state index >= 15 is 4.39 Å². The monoisotopic (exact) mass is 549 g/mol. The fourth-order valence-electron chi connectivity index (χ4n) is 5.32. The van der Waals surface area contributed by atoms with Gasteiger partial charge in [0.1, 0.15) is 11.3 Å². The number of ether oxygens (including phenoxy) is 1. The fourth-order valence-corrected chi connectivity index (χ4v) is 5.61. The van der Waals surface area contributed by atoms with E-state index in [0.29, 0.717) is 48.6 Å². The predicted molar refractivity (Wildman–Crippen MR) is 155 cm³/mol. The minimum Gasteiger partial charge on any atom is -0.463 e. The zero-order valence-corrected chi connectivity index (χ0v) is 23.5. The van der Waals surface area contributed by atoms with Crippen LogP contribution in [0.3, 0.4) is 0 Å². The summed E-state index contributed by atoms with van der Waals surface area (Å²) in [6, 6.07) is 15.5. The molecule has 1 unspecified atom stereocenters. The minimum atomic E-state index is -0.508. The number of nitrogens with zero attached hydrogens (tertiary/aromatic N) is 5. The molecule has 4 aromatic rings. The lowest BCUT2D eigenvalue weighted by Crippen LogP contribution is -2.53. The third-order valence-corrected chi connectivity index (χ3v) is 7.51. The van der Waals surface area contributed by atoms with Crippen molar-refractivity contribution in [3.8, 4) is 17.1 Å². The first-order valence-corrected chi connectivity index (χ1v) is 13.6. The van der Waals surface area contributed by atoms with Crippen LogP contribution in [0.1, 0.15) is 20.3 Å². The number of aromatic nitrogens is 2. The molecule has 3 aromatic carbocycles. The lowest BCUT2D eigenvalue weighted by molar-refractivity contribution is -0.131. The molecule has 1 aliphatic rings. The summed E-state index contributed by atoms with van der Waals surface area (Å²) in [5.41, 5.74) is 1.17. The molecule has 1 amide bonds. The Balaban J connectivity index is 1.63. The number of hydrogen-bond donors (Lipinski definition) is 0. The standard InChI is InChI=1S/C30H33ClFN5O2/c1-19-18-36(14-15-37(19)20(2)38)29-24-17-25(31)26(23-12-7-10-21-9-5-6-11-22(21)23)27(32)28(24)33-30(34-29)39-16-8-13-35(3)4/h5-7,9-12,17,19H,8,13-16,18H2,1-4H3. The summed E-state index contributed by atoms with van der Waals surface area (Å²) in [6.07, 6.45) is 0.780. The van der Waals surface area contributed by atoms with Gasteiger partial charge < -0.3 is 19.4 Å². The third kappa shape index (κ3) is 5.49. The molecule has 1 aliphatic heterocycles. The van der Waals surface area contributed by atoms with Crippen LogP contribution in [0.25, 0.3) is 32.8 Å². The molecule has 9 heteroatoms. The summed E-state index contributed by atoms with van der Waals surface area (Å²) in [5.74, 6) is 0.0856. The van der Waals surface area contributed by atoms with Crippen molar-refractivity contribution in [3.05, 3.63) is 59.4 Å². The Morgan fingerprint density at radius 1 is 1.13 bits per heavy atom. The first kappa shape index (κ1) is 27.1. The summed E-state index contributed by atoms with van der Waals surface area (Å²) in [4.78, 5) is 27.3. The van der Waals surface area contributed by atoms with Gasteiger partial charge in [0.2, 0.25) is 5.91 Å². The van der Waals surface area contributed by atoms with E-state index < -0.39 is 5.82 Å². The normalized spacial score (nSPS) is 15.9. The molecule has 1 fully saturated rings. The topological polar surface area (TPSA) is 61.8 Å². The van der Waals surface area contributed by atoms with Crippen LogP contribution >= 0.6 is 11.6 Å². The smallest absolute Gasteiger partial charge is 0.319 e. The second kappa shape index (κ2) is 11.3. The Morgan fingerprint density at radius 3 is 2.64 bits per heavy atom. The van der Waals surface area contributed by atoms with Crippen LogP contribution in [0, 0.1) is 5.82 Å². The predicted octanol–water partition coefficient (Wildman–Crippen LogP) is 5.63. The fraction of sp³-hybridized carbons (Fsp3) is 0.367. The number of carbonyl (C=O) groups is 1. The highest BCUT2D eigenvalue weighted by Crippen LogP contribution is 2.41. The molecule has 1 aromatic heterocycles. The van der Waals surface area contributed by atoms with Crippen LogP contribution in [0.2, 0.25) is 5.02 Å². The number of halogens is 2. The van der Waals surface area contributed by atoms with Gasteiger partial charge >= 0.3 is 6.01 Å². The molecule has 39 heavy (non-hydrogen) atoms. The first-order valence-electron chi connectivity index (χ1n) is 13.2. The Bertz CT molecular complexity index is 1520. The van der Waals surface area contributed by atoms with Gasteiger partial charge in [-0.15, -0.1) is 0 Å². The molecule has 1 saturated heterocycles. The van der Waals surface area contributed by atoms with Gasteiger partial charge in [-0.1, -0.05) is 54.1 Å². The van der Waals surface area contributed by atoms with E-state index in [2.05, 4.69) is 14.8 Å². The van der Waals surface area contributed by atoms with E-state index in [1.807, 2.05) is 68.4 Å². The molecule has 2 heterocycles. The van der Waals surface area contributed by atoms with Gasteiger partial charge in [0, 0.05) is 50.1 Å². The van der Waals surface area contributed by atoms with E-state index in [9.17, 15) is 4.79 Å². The zero-order valence-electron chi connectivity index (χ0n) is 22.7. The minimum absolute atomic E-state index is 0.0269. The molecule has 5 rings (SSSR count). The first-order chi connectivity index (χ1) is 18.7. The second-order valence-electron chi connectivity index (χ2n) is 10.3. The summed E-state index contributed by atoms with van der Waals surface area (Å²) >= 11 is 6.82. The number of anilines is 1. The van der Waals surface area contributed by atoms with Crippen molar-refractivity contribution in [1.82, 2.24) is 19.8 Å². The van der Waals surface area contributed by atoms with Crippen molar-refractivity contribution in [2.75, 3.05) is 51.8 Å². The van der Waals surface area contributed by atoms with Gasteiger partial charge in [0.15, 0.2) is 5.82 Å². The molecule has 0 saturated carbocycles. The van der Waals surface area contributed by atoms with Gasteiger partial charge in [-0.25, -0.2) is 4.39 Å². The van der Waals surface area contributed by atoms with Gasteiger partial charge in [-0.3, -0.25) is 4.79 Å². The van der Waals surface area contributed by atoms with Crippen LogP contribution in [0.4, 0.5) is 10.2 Å². The quantitative estimate of drug-likeness (QED) is 0.278. The van der Waals surface area contributed by atoms with Gasteiger partial charge in [0.25, 0.3) is 0 Å². The highest BCUT2D eigenvalue weighted by molar-refractivity contribution is 6.35. The second-order valence-corrected chi connectivity index (χ2v) is 10.7. The highest BCUT2D eigenvalue weighted by atomic mass is 35.5. The molecule has 0 spiro atoms. The Morgan fingerprint density at radius 2 is 1.90 bits per heavy atom. The van der Waals surface area contributed by atoms with E-state index in [1.165, 1.54) is 0 Å². The van der Waals surface area contributed by atoms with Crippen LogP contribution in [0.15, 0.2) is 48.5 Å². The van der Waals surface area contributed by atoms with E-state index in [1.54, 1.807) is 13.0 Å². The lowest BCUT2D eigenvalue weighted by Gasteiger charge is -2.40. The van der Waals surface area contributed by atoms with Crippen LogP contribution in [0.5, 0.6) is 6.01 Å². The molecular weight excluding hydrogens is 517 g/mol. The maximum absolute atomic E-state index is 16.5. The molecular formula is C30H33ClFN5O2. The van der Waals surface area contributed by atoms with Crippen molar-refractivity contribution in [1.29, 1.82) is 0 Å². The number of benzene rings is 3. The number of rotatable bonds is 7. The highest BCUT2D eigenvalue weighted by Gasteiger charge is 2.29. The lowest BCUT2D eigenvalue weighted by atomic mass is 9.96. The Hall–Kier alpha value is -3.49. The molecule has 0 bridgehead atoms. The van der Waals surface area contributed by atoms with Crippen LogP contribution in [-0.4, -0.2) is 78.6 Å². The van der Waals surface area contributed by atoms with E-state index in [4.69, 9.17) is 21.3 Å². The number of piperazine rings is 1. The van der Waals surface area contributed by atoms with Gasteiger partial charge in [-0.2, -0.15) is 9.97 Å². The van der Waals surface area contributed by atoms with Crippen molar-refractivity contribution in [2.24, 2.45) is 0 Å². The SMILES string of the molecule is CC(=O)N1CCN(c2nc(OCCCN(C)C)nc3c(F)c(-c4cccc5ccccc45)c(Cl)cc23)CC1C. The van der Waals surface area contributed by atoms with Crippen molar-refractivity contribution in [3.63, 3.8) is 0 Å². The largest absolute Gasteiger partial charge is 0.463 e. The summed E-state index contributed by atoms with van der Waals surface area (Å²) in [7, 11) is 4.00. The van der Waals surface area contributed by atoms with Gasteiger partial charge in [-0.05, 0) is 49.8 Å². The maximum Gasteiger partial charge on any atom is 0.319 e. The number of hydrogen-bond acceptors (Lipinski definition) is 6. The van der Waals surface area contributed by atoms with Crippen LogP contribution in [-0.2, 0) is 4.79 Å². The number of fused-ring (bicyclic) bond motifs is 2. The number of amides is 1. The molecule has 0 radical (unpaired) electrons. The van der Waals surface area contributed by atoms with Crippen molar-refractivity contribution in [2.45, 2.75) is 26.3 Å². The third-order valence-electron chi connectivity index (χ3n) is 7.21. The molecule has 1 atom stereocenters. The molecule has 7 nitrogen and oxygen atoms in total. The average Bonchev–Trinajstić information content (AvgIpc) is 2.91. The van der Waals surface area contributed by atoms with Gasteiger partial charge in [0.05, 0.1) is 11.6 Å². The van der Waals surface area contributed by atoms with E-state index in [0.717, 1.165) is 23.7 Å². The summed E-state index contributed by atoms with van der Waals surface area (Å²) < 4.78 is 22.4. The Kier molecular flexibility index (Phi) is 7.86. The average molecular weight is 550 g/mol. The van der Waals surface area contributed by atoms with E-state index in [-0.39, 0.29) is 28.5 Å². The van der Waals surface area contributed by atoms with Crippen molar-refractivity contribution < 1.29 is 13.9 Å². The molecule has 0 aliphatic carbocycles. The number of carbonyl (C=O) groups excluding carboxylic acids is 1. The maximum atomic E-state index is 16.5. The van der Waals surface area contributed by atoms with Crippen LogP contribution < -0.4 is 9.64 Å². The van der Waals surface area contributed by atoms with Crippen molar-refractivity contribution >= 4 is 45.0 Å². The summed E-state index contributed by atoms with van der Waals surface area (Å²) in [5, 5.41) is 2.71. The summed E-state index contributed by atoms with van der Waals surface area (Å²) in [6.45, 7) is 6.49. The zero-order chi connectivity index (χ0) is 27.7. The Labute approximate surface area is 233 Å². The molecule has 0 N–H and O–H groups in total. The molecule has 204 valence electrons.